The summed E-state index contributed by atoms with van der Waals surface area (Å²) in [4.78, 5) is 20.8. The highest BCUT2D eigenvalue weighted by molar-refractivity contribution is 7.89. The monoisotopic (exact) mass is 317 g/mol. The molecule has 1 aromatic carbocycles. The molecule has 0 aliphatic heterocycles. The van der Waals surface area contributed by atoms with Crippen molar-refractivity contribution in [3.63, 3.8) is 0 Å². The summed E-state index contributed by atoms with van der Waals surface area (Å²) in [6.07, 6.45) is 0. The van der Waals surface area contributed by atoms with Crippen molar-refractivity contribution in [1.82, 2.24) is 0 Å². The lowest BCUT2D eigenvalue weighted by atomic mass is 9.94. The Morgan fingerprint density at radius 1 is 1.48 bits per heavy atom. The standard InChI is InChI=1S/C11H15N3O6S/c1-11(2,10(15)16)6-13-8-4-3-7(21(12,19)20)5-9(8)14(17)18/h3-5,13H,6H2,1-2H3,(H,15,16)(H2,12,19,20). The average Bonchev–Trinajstić information content (AvgIpc) is 2.34. The molecule has 0 spiro atoms. The van der Waals surface area contributed by atoms with Crippen LogP contribution in [0.1, 0.15) is 13.8 Å². The minimum atomic E-state index is -4.06. The van der Waals surface area contributed by atoms with Crippen molar-refractivity contribution >= 4 is 27.4 Å². The second-order valence-electron chi connectivity index (χ2n) is 5.02. The van der Waals surface area contributed by atoms with Crippen LogP contribution in [0.4, 0.5) is 11.4 Å². The van der Waals surface area contributed by atoms with Crippen molar-refractivity contribution in [2.45, 2.75) is 18.7 Å². The Hall–Kier alpha value is -2.20. The van der Waals surface area contributed by atoms with Crippen molar-refractivity contribution in [1.29, 1.82) is 0 Å². The van der Waals surface area contributed by atoms with Crippen LogP contribution in [-0.2, 0) is 14.8 Å². The highest BCUT2D eigenvalue weighted by atomic mass is 32.2. The number of nitrogens with zero attached hydrogens (tertiary/aromatic N) is 1. The van der Waals surface area contributed by atoms with E-state index in [1.54, 1.807) is 0 Å². The second-order valence-corrected chi connectivity index (χ2v) is 6.59. The summed E-state index contributed by atoms with van der Waals surface area (Å²) >= 11 is 0. The number of carbonyl (C=O) groups is 1. The molecule has 0 aliphatic rings. The van der Waals surface area contributed by atoms with Gasteiger partial charge in [-0.3, -0.25) is 14.9 Å². The van der Waals surface area contributed by atoms with Gasteiger partial charge < -0.3 is 10.4 Å². The maximum Gasteiger partial charge on any atom is 0.310 e. The van der Waals surface area contributed by atoms with Gasteiger partial charge in [0.1, 0.15) is 5.69 Å². The van der Waals surface area contributed by atoms with Gasteiger partial charge in [-0.2, -0.15) is 0 Å². The molecule has 0 heterocycles. The Morgan fingerprint density at radius 2 is 2.05 bits per heavy atom. The molecule has 0 aromatic heterocycles. The second kappa shape index (κ2) is 5.66. The van der Waals surface area contributed by atoms with E-state index < -0.39 is 36.9 Å². The van der Waals surface area contributed by atoms with Crippen LogP contribution in [0, 0.1) is 15.5 Å². The van der Waals surface area contributed by atoms with E-state index in [2.05, 4.69) is 5.32 Å². The van der Waals surface area contributed by atoms with Gasteiger partial charge in [0.2, 0.25) is 10.0 Å². The molecule has 1 aromatic rings. The number of nitro groups is 1. The molecule has 0 bridgehead atoms. The minimum absolute atomic E-state index is 0.0155. The fraction of sp³-hybridized carbons (Fsp3) is 0.364. The van der Waals surface area contributed by atoms with E-state index in [-0.39, 0.29) is 12.2 Å². The molecule has 0 amide bonds. The van der Waals surface area contributed by atoms with Crippen LogP contribution in [0.2, 0.25) is 0 Å². The number of nitrogens with two attached hydrogens (primary N) is 1. The molecule has 4 N–H and O–H groups in total. The zero-order valence-electron chi connectivity index (χ0n) is 11.4. The molecule has 9 nitrogen and oxygen atoms in total. The van der Waals surface area contributed by atoms with Crippen LogP contribution < -0.4 is 10.5 Å². The number of aliphatic carboxylic acids is 1. The number of primary sulfonamides is 1. The van der Waals surface area contributed by atoms with Crippen LogP contribution in [0.15, 0.2) is 23.1 Å². The number of hydrogen-bond acceptors (Lipinski definition) is 6. The molecule has 0 saturated carbocycles. The minimum Gasteiger partial charge on any atom is -0.481 e. The smallest absolute Gasteiger partial charge is 0.310 e. The average molecular weight is 317 g/mol. The third-order valence-electron chi connectivity index (χ3n) is 2.79. The van der Waals surface area contributed by atoms with Crippen LogP contribution in [0.3, 0.4) is 0 Å². The van der Waals surface area contributed by atoms with Crippen molar-refractivity contribution in [2.75, 3.05) is 11.9 Å². The Morgan fingerprint density at radius 3 is 2.48 bits per heavy atom. The SMILES string of the molecule is CC(C)(CNc1ccc(S(N)(=O)=O)cc1[N+](=O)[O-])C(=O)O. The molecule has 21 heavy (non-hydrogen) atoms. The van der Waals surface area contributed by atoms with Crippen molar-refractivity contribution in [3.8, 4) is 0 Å². The summed E-state index contributed by atoms with van der Waals surface area (Å²) in [7, 11) is -4.06. The number of carboxylic acids is 1. The van der Waals surface area contributed by atoms with Crippen molar-refractivity contribution < 1.29 is 23.2 Å². The van der Waals surface area contributed by atoms with Gasteiger partial charge in [-0.1, -0.05) is 0 Å². The highest BCUT2D eigenvalue weighted by Gasteiger charge is 2.28. The summed E-state index contributed by atoms with van der Waals surface area (Å²) in [6, 6.07) is 3.11. The van der Waals surface area contributed by atoms with Gasteiger partial charge in [0.25, 0.3) is 5.69 Å². The molecule has 0 saturated heterocycles. The highest BCUT2D eigenvalue weighted by Crippen LogP contribution is 2.28. The quantitative estimate of drug-likeness (QED) is 0.517. The van der Waals surface area contributed by atoms with Gasteiger partial charge in [-0.15, -0.1) is 0 Å². The van der Waals surface area contributed by atoms with Crippen LogP contribution in [0.5, 0.6) is 0 Å². The first-order chi connectivity index (χ1) is 9.45. The lowest BCUT2D eigenvalue weighted by Gasteiger charge is -2.20. The number of carboxylic acid groups (broad SMARTS) is 1. The van der Waals surface area contributed by atoms with Gasteiger partial charge in [0, 0.05) is 12.6 Å². The van der Waals surface area contributed by atoms with E-state index in [1.807, 2.05) is 0 Å². The van der Waals surface area contributed by atoms with Gasteiger partial charge >= 0.3 is 5.97 Å². The topological polar surface area (TPSA) is 153 Å². The fourth-order valence-electron chi connectivity index (χ4n) is 1.38. The first-order valence-corrected chi connectivity index (χ1v) is 7.28. The lowest BCUT2D eigenvalue weighted by molar-refractivity contribution is -0.384. The zero-order chi connectivity index (χ0) is 16.4. The van der Waals surface area contributed by atoms with E-state index in [0.717, 1.165) is 12.1 Å². The summed E-state index contributed by atoms with van der Waals surface area (Å²) in [6.45, 7) is 2.83. The number of sulfonamides is 1. The largest absolute Gasteiger partial charge is 0.481 e. The lowest BCUT2D eigenvalue weighted by Crippen LogP contribution is -2.31. The number of rotatable bonds is 6. The summed E-state index contributed by atoms with van der Waals surface area (Å²) in [5.74, 6) is -1.07. The van der Waals surface area contributed by atoms with E-state index in [4.69, 9.17) is 10.2 Å². The normalized spacial score (nSPS) is 12.0. The number of benzene rings is 1. The van der Waals surface area contributed by atoms with E-state index >= 15 is 0 Å². The molecular weight excluding hydrogens is 302 g/mol. The zero-order valence-corrected chi connectivity index (χ0v) is 12.2. The maximum absolute atomic E-state index is 11.2. The van der Waals surface area contributed by atoms with Crippen molar-refractivity contribution in [3.05, 3.63) is 28.3 Å². The number of hydrogen-bond donors (Lipinski definition) is 3. The van der Waals surface area contributed by atoms with Crippen LogP contribution >= 0.6 is 0 Å². The van der Waals surface area contributed by atoms with Gasteiger partial charge in [0.05, 0.1) is 15.2 Å². The molecule has 0 fully saturated rings. The third-order valence-corrected chi connectivity index (χ3v) is 3.71. The Labute approximate surface area is 121 Å². The van der Waals surface area contributed by atoms with E-state index in [0.29, 0.717) is 0 Å². The van der Waals surface area contributed by atoms with Crippen molar-refractivity contribution in [2.24, 2.45) is 10.6 Å². The number of nitro benzene ring substituents is 1. The summed E-state index contributed by atoms with van der Waals surface area (Å²) < 4.78 is 22.4. The molecule has 0 aliphatic carbocycles. The van der Waals surface area contributed by atoms with Gasteiger partial charge in [-0.05, 0) is 26.0 Å². The Balaban J connectivity index is 3.14. The first kappa shape index (κ1) is 16.9. The Kier molecular flexibility index (Phi) is 4.54. The molecule has 1 rings (SSSR count). The number of nitrogens with one attached hydrogen (secondary N) is 1. The molecular formula is C11H15N3O6S. The predicted molar refractivity (Wildman–Crippen MR) is 74.4 cm³/mol. The molecule has 116 valence electrons. The molecule has 0 unspecified atom stereocenters. The fourth-order valence-corrected chi connectivity index (χ4v) is 1.91. The van der Waals surface area contributed by atoms with Crippen LogP contribution in [0.25, 0.3) is 0 Å². The molecule has 10 heteroatoms. The molecule has 0 atom stereocenters. The Bertz CT molecular complexity index is 683. The number of anilines is 1. The van der Waals surface area contributed by atoms with E-state index in [9.17, 15) is 23.3 Å². The van der Waals surface area contributed by atoms with Gasteiger partial charge in [-0.25, -0.2) is 13.6 Å². The maximum atomic E-state index is 11.2. The van der Waals surface area contributed by atoms with Gasteiger partial charge in [0.15, 0.2) is 0 Å². The van der Waals surface area contributed by atoms with Crippen LogP contribution in [-0.4, -0.2) is 31.0 Å². The summed E-state index contributed by atoms with van der Waals surface area (Å²) in [5.41, 5.74) is -1.63. The predicted octanol–water partition coefficient (Wildman–Crippen LogP) is 0.765. The van der Waals surface area contributed by atoms with E-state index in [1.165, 1.54) is 19.9 Å². The summed E-state index contributed by atoms with van der Waals surface area (Å²) in [5, 5.41) is 27.5. The third kappa shape index (κ3) is 4.13. The molecule has 0 radical (unpaired) electrons. The first-order valence-electron chi connectivity index (χ1n) is 5.73.